The third-order valence-corrected chi connectivity index (χ3v) is 7.00. The van der Waals surface area contributed by atoms with Crippen LogP contribution >= 0.6 is 8.09 Å². The molecule has 0 saturated heterocycles. The number of halogens is 3. The van der Waals surface area contributed by atoms with E-state index in [1.807, 2.05) is 6.07 Å². The zero-order chi connectivity index (χ0) is 30.3. The van der Waals surface area contributed by atoms with Crippen LogP contribution in [0.3, 0.4) is 0 Å². The molecule has 41 heavy (non-hydrogen) atoms. The molecule has 3 rings (SSSR count). The number of aromatic nitrogens is 4. The van der Waals surface area contributed by atoms with Gasteiger partial charge >= 0.3 is 12.1 Å². The van der Waals surface area contributed by atoms with Gasteiger partial charge in [-0.25, -0.2) is 15.0 Å². The lowest BCUT2D eigenvalue weighted by atomic mass is 10.0. The van der Waals surface area contributed by atoms with E-state index in [2.05, 4.69) is 19.7 Å². The molecule has 0 radical (unpaired) electrons. The number of rotatable bonds is 12. The van der Waals surface area contributed by atoms with Crippen LogP contribution in [0.15, 0.2) is 41.7 Å². The molecule has 0 aliphatic carbocycles. The summed E-state index contributed by atoms with van der Waals surface area (Å²) in [5, 5.41) is 9.05. The van der Waals surface area contributed by atoms with Crippen molar-refractivity contribution < 1.29 is 32.3 Å². The minimum Gasteiger partial charge on any atom is -0.595 e. The summed E-state index contributed by atoms with van der Waals surface area (Å²) in [6, 6.07) is 4.26. The summed E-state index contributed by atoms with van der Waals surface area (Å²) in [6.45, 7) is 5.53. The molecule has 3 aromatic rings. The number of imidazole rings is 1. The fourth-order valence-corrected chi connectivity index (χ4v) is 4.86. The van der Waals surface area contributed by atoms with Crippen molar-refractivity contribution in [1.29, 1.82) is 5.26 Å². The molecule has 0 aliphatic rings. The molecule has 0 aliphatic heterocycles. The number of hydrogen-bond acceptors (Lipinski definition) is 10. The number of ether oxygens (including phenoxy) is 2. The van der Waals surface area contributed by atoms with E-state index in [4.69, 9.17) is 20.5 Å². The summed E-state index contributed by atoms with van der Waals surface area (Å²) in [7, 11) is -3.02. The van der Waals surface area contributed by atoms with E-state index in [0.29, 0.717) is 15.8 Å². The van der Waals surface area contributed by atoms with Crippen LogP contribution in [0.1, 0.15) is 44.9 Å². The number of benzene rings is 1. The first-order valence-corrected chi connectivity index (χ1v) is 13.7. The summed E-state index contributed by atoms with van der Waals surface area (Å²) < 4.78 is 60.4. The van der Waals surface area contributed by atoms with Crippen LogP contribution in [0.5, 0.6) is 0 Å². The SMILES string of the molecule is CC(C)C(=O)O[C@@H](C)CN=[P+]([O-])N(CO[C@H](C)Cn1cnc2c(N)ncnc21)[C@@H](c1ccc(C#N)cc1)C(F)(F)F. The fraction of sp³-hybridized carbons (Fsp3) is 0.480. The van der Waals surface area contributed by atoms with E-state index in [1.165, 1.54) is 31.7 Å². The van der Waals surface area contributed by atoms with Gasteiger partial charge in [0.05, 0.1) is 36.5 Å². The number of nitrogens with two attached hydrogens (primary N) is 1. The van der Waals surface area contributed by atoms with Crippen LogP contribution in [-0.4, -0.2) is 61.8 Å². The Kier molecular flexibility index (Phi) is 10.7. The van der Waals surface area contributed by atoms with Gasteiger partial charge in [-0.2, -0.15) is 18.4 Å². The normalized spacial score (nSPS) is 14.7. The first kappa shape index (κ1) is 31.8. The summed E-state index contributed by atoms with van der Waals surface area (Å²) in [4.78, 5) is 37.3. The Bertz CT molecular complexity index is 1410. The molecule has 2 heterocycles. The minimum atomic E-state index is -4.88. The maximum absolute atomic E-state index is 14.5. The van der Waals surface area contributed by atoms with Gasteiger partial charge in [0.2, 0.25) is 0 Å². The second-order valence-corrected chi connectivity index (χ2v) is 10.8. The number of fused-ring (bicyclic) bond motifs is 1. The van der Waals surface area contributed by atoms with Gasteiger partial charge in [0.15, 0.2) is 17.5 Å². The monoisotopic (exact) mass is 594 g/mol. The molecule has 12 nitrogen and oxygen atoms in total. The second kappa shape index (κ2) is 13.8. The highest BCUT2D eigenvalue weighted by Gasteiger charge is 2.49. The standard InChI is InChI=1S/C25H30F3N8O4P/c1-15(2)24(37)40-16(3)10-34-41(38)36(21(25(26,27)28)19-7-5-18(9-29)6-8-19)14-39-17(4)11-35-13-33-20-22(30)31-12-32-23(20)35/h5-8,12-13,15-17,21H,10-11,14H2,1-4H3,(H2,30,31,32)/t16-,17+,21-/m0/s1. The molecule has 0 bridgehead atoms. The lowest BCUT2D eigenvalue weighted by Gasteiger charge is -2.29. The molecule has 1 aromatic carbocycles. The maximum atomic E-state index is 14.5. The third kappa shape index (κ3) is 8.40. The Balaban J connectivity index is 1.87. The third-order valence-electron chi connectivity index (χ3n) is 5.81. The van der Waals surface area contributed by atoms with Crippen molar-refractivity contribution in [2.75, 3.05) is 19.0 Å². The molecule has 4 atom stereocenters. The first-order chi connectivity index (χ1) is 19.3. The highest BCUT2D eigenvalue weighted by atomic mass is 31.1. The van der Waals surface area contributed by atoms with E-state index in [1.54, 1.807) is 25.3 Å². The largest absolute Gasteiger partial charge is 0.595 e. The predicted octanol–water partition coefficient (Wildman–Crippen LogP) is 3.69. The lowest BCUT2D eigenvalue weighted by molar-refractivity contribution is -0.210. The number of carbonyl (C=O) groups excluding carboxylic acids is 1. The summed E-state index contributed by atoms with van der Waals surface area (Å²) in [5.74, 6) is -0.753. The molecule has 0 fully saturated rings. The van der Waals surface area contributed by atoms with Gasteiger partial charge < -0.3 is 24.7 Å². The van der Waals surface area contributed by atoms with Gasteiger partial charge in [-0.05, 0) is 31.5 Å². The van der Waals surface area contributed by atoms with Gasteiger partial charge in [-0.3, -0.25) is 4.79 Å². The molecule has 0 saturated carbocycles. The number of nitriles is 1. The van der Waals surface area contributed by atoms with Crippen molar-refractivity contribution in [3.8, 4) is 6.07 Å². The van der Waals surface area contributed by atoms with E-state index in [9.17, 15) is 22.9 Å². The number of anilines is 1. The van der Waals surface area contributed by atoms with Crippen LogP contribution < -0.4 is 10.6 Å². The van der Waals surface area contributed by atoms with E-state index in [0.717, 1.165) is 12.1 Å². The summed E-state index contributed by atoms with van der Waals surface area (Å²) in [6.07, 6.45) is -3.66. The topological polar surface area (TPSA) is 168 Å². The van der Waals surface area contributed by atoms with Crippen molar-refractivity contribution >= 4 is 31.0 Å². The predicted molar refractivity (Wildman–Crippen MR) is 142 cm³/mol. The highest BCUT2D eigenvalue weighted by Crippen LogP contribution is 2.44. The zero-order valence-electron chi connectivity index (χ0n) is 22.8. The van der Waals surface area contributed by atoms with Gasteiger partial charge in [0, 0.05) is 0 Å². The average molecular weight is 595 g/mol. The molecular formula is C25H30F3N8O4P. The number of nitrogen functional groups attached to an aromatic ring is 1. The Labute approximate surface area is 235 Å². The smallest absolute Gasteiger partial charge is 0.412 e. The van der Waals surface area contributed by atoms with Crippen molar-refractivity contribution in [1.82, 2.24) is 24.2 Å². The number of alkyl halides is 3. The van der Waals surface area contributed by atoms with Gasteiger partial charge in [0.1, 0.15) is 31.2 Å². The average Bonchev–Trinajstić information content (AvgIpc) is 3.32. The molecule has 0 amide bonds. The van der Waals surface area contributed by atoms with Gasteiger partial charge in [-0.1, -0.05) is 35.4 Å². The van der Waals surface area contributed by atoms with Crippen molar-refractivity contribution in [2.45, 2.75) is 58.7 Å². The van der Waals surface area contributed by atoms with E-state index < -0.39 is 51.1 Å². The maximum Gasteiger partial charge on any atom is 0.412 e. The molecule has 2 N–H and O–H groups in total. The van der Waals surface area contributed by atoms with Crippen LogP contribution in [0, 0.1) is 17.2 Å². The number of hydrogen-bond donors (Lipinski definition) is 1. The van der Waals surface area contributed by atoms with Crippen molar-refractivity contribution in [3.63, 3.8) is 0 Å². The van der Waals surface area contributed by atoms with Gasteiger partial charge in [-0.15, -0.1) is 0 Å². The quantitative estimate of drug-likeness (QED) is 0.185. The zero-order valence-corrected chi connectivity index (χ0v) is 23.7. The number of esters is 1. The summed E-state index contributed by atoms with van der Waals surface area (Å²) in [5.41, 5.74) is 6.51. The fourth-order valence-electron chi connectivity index (χ4n) is 3.70. The first-order valence-electron chi connectivity index (χ1n) is 12.5. The molecular weight excluding hydrogens is 564 g/mol. The van der Waals surface area contributed by atoms with Crippen LogP contribution in [0.25, 0.3) is 11.2 Å². The lowest BCUT2D eigenvalue weighted by Crippen LogP contribution is -2.38. The second-order valence-electron chi connectivity index (χ2n) is 9.53. The van der Waals surface area contributed by atoms with Gasteiger partial charge in [0.25, 0.3) is 8.09 Å². The van der Waals surface area contributed by atoms with Crippen molar-refractivity contribution in [2.24, 2.45) is 10.7 Å². The van der Waals surface area contributed by atoms with Crippen molar-refractivity contribution in [3.05, 3.63) is 48.0 Å². The molecule has 16 heteroatoms. The number of nitrogens with zero attached hydrogens (tertiary/aromatic N) is 7. The van der Waals surface area contributed by atoms with E-state index >= 15 is 0 Å². The number of carbonyl (C=O) groups is 1. The van der Waals surface area contributed by atoms with Crippen LogP contribution in [-0.2, 0) is 20.8 Å². The Morgan fingerprint density at radius 3 is 2.49 bits per heavy atom. The van der Waals surface area contributed by atoms with Crippen LogP contribution in [0.4, 0.5) is 19.0 Å². The Morgan fingerprint density at radius 2 is 1.88 bits per heavy atom. The Hall–Kier alpha value is -3.70. The molecule has 0 spiro atoms. The highest BCUT2D eigenvalue weighted by molar-refractivity contribution is 7.36. The summed E-state index contributed by atoms with van der Waals surface area (Å²) >= 11 is 0. The Morgan fingerprint density at radius 1 is 1.20 bits per heavy atom. The molecule has 2 aromatic heterocycles. The molecule has 220 valence electrons. The van der Waals surface area contributed by atoms with E-state index in [-0.39, 0.29) is 30.0 Å². The minimum absolute atomic E-state index is 0.143. The van der Waals surface area contributed by atoms with Crippen LogP contribution in [0.2, 0.25) is 0 Å². The molecule has 1 unspecified atom stereocenters.